The lowest BCUT2D eigenvalue weighted by atomic mass is 9.98. The van der Waals surface area contributed by atoms with Crippen molar-refractivity contribution in [1.29, 1.82) is 0 Å². The van der Waals surface area contributed by atoms with E-state index in [4.69, 9.17) is 5.11 Å². The first kappa shape index (κ1) is 14.3. The Hall–Kier alpha value is -2.11. The highest BCUT2D eigenvalue weighted by Crippen LogP contribution is 2.26. The van der Waals surface area contributed by atoms with E-state index in [0.29, 0.717) is 13.0 Å². The minimum absolute atomic E-state index is 0.00342. The molecule has 5 nitrogen and oxygen atoms in total. The van der Waals surface area contributed by atoms with Crippen LogP contribution in [0.2, 0.25) is 0 Å². The van der Waals surface area contributed by atoms with E-state index in [9.17, 15) is 19.1 Å². The van der Waals surface area contributed by atoms with Gasteiger partial charge in [-0.3, -0.25) is 9.59 Å². The second-order valence-electron chi connectivity index (χ2n) is 4.91. The summed E-state index contributed by atoms with van der Waals surface area (Å²) in [6.45, 7) is 0.452. The smallest absolute Gasteiger partial charge is 0.305 e. The first-order chi connectivity index (χ1) is 9.49. The second kappa shape index (κ2) is 5.90. The Morgan fingerprint density at radius 3 is 2.75 bits per heavy atom. The first-order valence-corrected chi connectivity index (χ1v) is 6.50. The second-order valence-corrected chi connectivity index (χ2v) is 4.91. The fourth-order valence-corrected chi connectivity index (χ4v) is 2.52. The molecule has 0 aliphatic carbocycles. The van der Waals surface area contributed by atoms with E-state index in [0.717, 1.165) is 25.0 Å². The van der Waals surface area contributed by atoms with Gasteiger partial charge in [-0.25, -0.2) is 4.39 Å². The zero-order valence-corrected chi connectivity index (χ0v) is 10.9. The minimum Gasteiger partial charge on any atom is -0.507 e. The summed E-state index contributed by atoms with van der Waals surface area (Å²) in [7, 11) is 0. The number of phenolic OH excluding ortho intramolecular Hbond substituents is 1. The number of carboxylic acid groups (broad SMARTS) is 1. The Kier molecular flexibility index (Phi) is 4.22. The Labute approximate surface area is 115 Å². The summed E-state index contributed by atoms with van der Waals surface area (Å²) in [5.41, 5.74) is 0.00342. The van der Waals surface area contributed by atoms with Gasteiger partial charge in [0.2, 0.25) is 0 Å². The molecule has 1 aromatic rings. The third-order valence-corrected chi connectivity index (χ3v) is 3.49. The molecule has 108 valence electrons. The number of amides is 1. The summed E-state index contributed by atoms with van der Waals surface area (Å²) in [5.74, 6) is -2.46. The summed E-state index contributed by atoms with van der Waals surface area (Å²) in [5, 5.41) is 18.5. The molecule has 1 fully saturated rings. The number of nitrogens with zero attached hydrogens (tertiary/aromatic N) is 1. The maximum Gasteiger partial charge on any atom is 0.305 e. The Bertz CT molecular complexity index is 532. The van der Waals surface area contributed by atoms with Crippen molar-refractivity contribution in [3.63, 3.8) is 0 Å². The Morgan fingerprint density at radius 1 is 1.35 bits per heavy atom. The molecule has 20 heavy (non-hydrogen) atoms. The molecule has 1 amide bonds. The molecule has 1 saturated heterocycles. The molecule has 0 spiro atoms. The number of aliphatic carboxylic acids is 1. The van der Waals surface area contributed by atoms with Crippen molar-refractivity contribution in [1.82, 2.24) is 4.90 Å². The average molecular weight is 281 g/mol. The Morgan fingerprint density at radius 2 is 2.10 bits per heavy atom. The van der Waals surface area contributed by atoms with Gasteiger partial charge in [0.1, 0.15) is 11.6 Å². The highest BCUT2D eigenvalue weighted by molar-refractivity contribution is 5.97. The zero-order chi connectivity index (χ0) is 14.7. The van der Waals surface area contributed by atoms with Crippen LogP contribution in [0.4, 0.5) is 4.39 Å². The first-order valence-electron chi connectivity index (χ1n) is 6.50. The summed E-state index contributed by atoms with van der Waals surface area (Å²) < 4.78 is 12.9. The number of hydrogen-bond donors (Lipinski definition) is 2. The third-order valence-electron chi connectivity index (χ3n) is 3.49. The monoisotopic (exact) mass is 281 g/mol. The number of halogens is 1. The van der Waals surface area contributed by atoms with Gasteiger partial charge in [0, 0.05) is 18.7 Å². The van der Waals surface area contributed by atoms with Gasteiger partial charge < -0.3 is 15.1 Å². The lowest BCUT2D eigenvalue weighted by Crippen LogP contribution is -2.44. The van der Waals surface area contributed by atoms with Crippen LogP contribution in [0.25, 0.3) is 0 Å². The van der Waals surface area contributed by atoms with Crippen LogP contribution in [0.1, 0.15) is 36.0 Å². The van der Waals surface area contributed by atoms with Crippen LogP contribution in [0.15, 0.2) is 18.2 Å². The minimum atomic E-state index is -0.960. The number of aromatic hydroxyl groups is 1. The van der Waals surface area contributed by atoms with Gasteiger partial charge in [0.05, 0.1) is 12.0 Å². The fraction of sp³-hybridized carbons (Fsp3) is 0.429. The number of likely N-dealkylation sites (tertiary alicyclic amines) is 1. The van der Waals surface area contributed by atoms with Gasteiger partial charge >= 0.3 is 5.97 Å². The van der Waals surface area contributed by atoms with Crippen LogP contribution in [0.5, 0.6) is 5.75 Å². The van der Waals surface area contributed by atoms with E-state index in [1.807, 2.05) is 0 Å². The fourth-order valence-electron chi connectivity index (χ4n) is 2.52. The molecule has 0 aromatic heterocycles. The van der Waals surface area contributed by atoms with E-state index in [1.54, 1.807) is 0 Å². The molecule has 2 N–H and O–H groups in total. The van der Waals surface area contributed by atoms with Gasteiger partial charge in [0.25, 0.3) is 5.91 Å². The molecule has 0 bridgehead atoms. The number of hydrogen-bond acceptors (Lipinski definition) is 3. The molecule has 1 heterocycles. The van der Waals surface area contributed by atoms with E-state index in [-0.39, 0.29) is 18.0 Å². The summed E-state index contributed by atoms with van der Waals surface area (Å²) >= 11 is 0. The zero-order valence-electron chi connectivity index (χ0n) is 10.9. The van der Waals surface area contributed by atoms with Crippen molar-refractivity contribution in [3.8, 4) is 5.75 Å². The quantitative estimate of drug-likeness (QED) is 0.888. The summed E-state index contributed by atoms with van der Waals surface area (Å²) in [6, 6.07) is 2.82. The standard InChI is InChI=1S/C14H16FNO4/c15-9-4-5-11(12(17)7-9)14(20)16-6-2-1-3-10(16)8-13(18)19/h4-5,7,10,17H,1-3,6,8H2,(H,18,19). The molecule has 0 saturated carbocycles. The van der Waals surface area contributed by atoms with Crippen LogP contribution in [-0.2, 0) is 4.79 Å². The highest BCUT2D eigenvalue weighted by Gasteiger charge is 2.30. The summed E-state index contributed by atoms with van der Waals surface area (Å²) in [4.78, 5) is 24.7. The number of rotatable bonds is 3. The maximum absolute atomic E-state index is 12.9. The van der Waals surface area contributed by atoms with Crippen molar-refractivity contribution in [3.05, 3.63) is 29.6 Å². The number of carbonyl (C=O) groups is 2. The number of piperidine rings is 1. The number of carbonyl (C=O) groups excluding carboxylic acids is 1. The van der Waals surface area contributed by atoms with E-state index in [2.05, 4.69) is 0 Å². The highest BCUT2D eigenvalue weighted by atomic mass is 19.1. The van der Waals surface area contributed by atoms with Crippen LogP contribution in [0, 0.1) is 5.82 Å². The van der Waals surface area contributed by atoms with Crippen molar-refractivity contribution in [2.75, 3.05) is 6.54 Å². The Balaban J connectivity index is 2.22. The van der Waals surface area contributed by atoms with Crippen molar-refractivity contribution in [2.45, 2.75) is 31.7 Å². The lowest BCUT2D eigenvalue weighted by Gasteiger charge is -2.35. The molecule has 6 heteroatoms. The van der Waals surface area contributed by atoms with Crippen LogP contribution in [0.3, 0.4) is 0 Å². The number of carboxylic acids is 1. The molecule has 1 aliphatic heterocycles. The molecular formula is C14H16FNO4. The largest absolute Gasteiger partial charge is 0.507 e. The summed E-state index contributed by atoms with van der Waals surface area (Å²) in [6.07, 6.45) is 2.18. The van der Waals surface area contributed by atoms with Gasteiger partial charge in [0.15, 0.2) is 0 Å². The van der Waals surface area contributed by atoms with E-state index < -0.39 is 23.4 Å². The lowest BCUT2D eigenvalue weighted by molar-refractivity contribution is -0.138. The predicted molar refractivity (Wildman–Crippen MR) is 69.0 cm³/mol. The van der Waals surface area contributed by atoms with E-state index in [1.165, 1.54) is 11.0 Å². The molecule has 0 radical (unpaired) electrons. The SMILES string of the molecule is O=C(O)CC1CCCCN1C(=O)c1ccc(F)cc1O. The van der Waals surface area contributed by atoms with Crippen LogP contribution >= 0.6 is 0 Å². The van der Waals surface area contributed by atoms with Crippen molar-refractivity contribution < 1.29 is 24.2 Å². The third kappa shape index (κ3) is 3.07. The number of phenols is 1. The average Bonchev–Trinajstić information content (AvgIpc) is 2.38. The molecule has 1 aromatic carbocycles. The van der Waals surface area contributed by atoms with Crippen LogP contribution < -0.4 is 0 Å². The van der Waals surface area contributed by atoms with Crippen molar-refractivity contribution >= 4 is 11.9 Å². The number of benzene rings is 1. The van der Waals surface area contributed by atoms with Gasteiger partial charge in [-0.2, -0.15) is 0 Å². The van der Waals surface area contributed by atoms with Crippen molar-refractivity contribution in [2.24, 2.45) is 0 Å². The molecule has 1 atom stereocenters. The predicted octanol–water partition coefficient (Wildman–Crippen LogP) is 2.00. The van der Waals surface area contributed by atoms with Gasteiger partial charge in [-0.05, 0) is 31.4 Å². The molecule has 1 unspecified atom stereocenters. The topological polar surface area (TPSA) is 77.8 Å². The van der Waals surface area contributed by atoms with Gasteiger partial charge in [-0.15, -0.1) is 0 Å². The normalized spacial score (nSPS) is 18.9. The maximum atomic E-state index is 12.9. The molecule has 2 rings (SSSR count). The molecule has 1 aliphatic rings. The van der Waals surface area contributed by atoms with E-state index >= 15 is 0 Å². The van der Waals surface area contributed by atoms with Gasteiger partial charge in [-0.1, -0.05) is 0 Å². The van der Waals surface area contributed by atoms with Crippen LogP contribution in [-0.4, -0.2) is 39.6 Å². The molecular weight excluding hydrogens is 265 g/mol.